The zero-order valence-electron chi connectivity index (χ0n) is 11.9. The zero-order valence-corrected chi connectivity index (χ0v) is 13.6. The molecule has 0 amide bonds. The van der Waals surface area contributed by atoms with E-state index in [-0.39, 0.29) is 0 Å². The van der Waals surface area contributed by atoms with E-state index in [4.69, 9.17) is 0 Å². The van der Waals surface area contributed by atoms with Crippen molar-refractivity contribution in [3.63, 3.8) is 0 Å². The molecule has 0 atom stereocenters. The fraction of sp³-hybridized carbons (Fsp3) is 0.444. The quantitative estimate of drug-likeness (QED) is 0.477. The summed E-state index contributed by atoms with van der Waals surface area (Å²) in [4.78, 5) is 0. The molecule has 0 aliphatic carbocycles. The Balaban J connectivity index is 1.78. The van der Waals surface area contributed by atoms with Crippen molar-refractivity contribution in [3.8, 4) is 0 Å². The van der Waals surface area contributed by atoms with Gasteiger partial charge in [-0.15, -0.1) is 0 Å². The molecule has 19 heavy (non-hydrogen) atoms. The molecule has 0 unspecified atom stereocenters. The van der Waals surface area contributed by atoms with Crippen molar-refractivity contribution in [1.82, 2.24) is 0 Å². The Hall–Kier alpha value is -0.781. The number of rotatable bonds is 8. The van der Waals surface area contributed by atoms with Crippen LogP contribution in [0.2, 0.25) is 5.32 Å². The predicted molar refractivity (Wildman–Crippen MR) is 87.5 cm³/mol. The maximum atomic E-state index is 2.32. The predicted octanol–water partition coefficient (Wildman–Crippen LogP) is 4.95. The van der Waals surface area contributed by atoms with Crippen LogP contribution in [-0.4, -0.2) is 15.0 Å². The average molecular weight is 319 g/mol. The minimum absolute atomic E-state index is 0.644. The van der Waals surface area contributed by atoms with Gasteiger partial charge in [0.25, 0.3) is 0 Å². The van der Waals surface area contributed by atoms with Gasteiger partial charge in [0, 0.05) is 0 Å². The van der Waals surface area contributed by atoms with Crippen LogP contribution in [0.15, 0.2) is 42.5 Å². The van der Waals surface area contributed by atoms with Crippen molar-refractivity contribution in [2.45, 2.75) is 50.8 Å². The van der Waals surface area contributed by atoms with Gasteiger partial charge in [-0.1, -0.05) is 0 Å². The van der Waals surface area contributed by atoms with Gasteiger partial charge in [-0.3, -0.25) is 0 Å². The van der Waals surface area contributed by atoms with Crippen molar-refractivity contribution in [1.29, 1.82) is 0 Å². The van der Waals surface area contributed by atoms with Crippen molar-refractivity contribution in [2.75, 3.05) is 0 Å². The van der Waals surface area contributed by atoms with E-state index in [1.807, 2.05) is 0 Å². The van der Waals surface area contributed by atoms with E-state index in [0.717, 1.165) is 0 Å². The minimum atomic E-state index is 0.644. The Morgan fingerprint density at radius 3 is 2.42 bits per heavy atom. The van der Waals surface area contributed by atoms with Crippen LogP contribution in [0.25, 0.3) is 10.8 Å². The second-order valence-electron chi connectivity index (χ2n) is 5.09. The maximum absolute atomic E-state index is 2.32. The molecule has 0 aliphatic heterocycles. The van der Waals surface area contributed by atoms with Gasteiger partial charge in [0.05, 0.1) is 0 Å². The van der Waals surface area contributed by atoms with Crippen LogP contribution in [0, 0.1) is 0 Å². The first-order chi connectivity index (χ1) is 9.42. The fourth-order valence-corrected chi connectivity index (χ4v) is 4.66. The van der Waals surface area contributed by atoms with Gasteiger partial charge in [0.2, 0.25) is 0 Å². The summed E-state index contributed by atoms with van der Waals surface area (Å²) >= 11 is 0.644. The SMILES string of the molecule is CCCCCCCC[Se]c1cccc2ccccc12. The number of benzene rings is 2. The van der Waals surface area contributed by atoms with E-state index in [1.165, 1.54) is 54.6 Å². The molecule has 0 N–H and O–H groups in total. The molecular weight excluding hydrogens is 295 g/mol. The fourth-order valence-electron chi connectivity index (χ4n) is 2.39. The second kappa shape index (κ2) is 8.40. The molecule has 2 aromatic carbocycles. The third kappa shape index (κ3) is 4.67. The third-order valence-electron chi connectivity index (χ3n) is 3.51. The summed E-state index contributed by atoms with van der Waals surface area (Å²) in [7, 11) is 0. The number of hydrogen-bond acceptors (Lipinski definition) is 0. The van der Waals surface area contributed by atoms with Crippen LogP contribution in [-0.2, 0) is 0 Å². The summed E-state index contributed by atoms with van der Waals surface area (Å²) in [5.74, 6) is 0. The molecule has 0 saturated carbocycles. The standard InChI is InChI=1S/C18H24Se/c1-2-3-4-5-6-9-15-19-18-14-10-12-16-11-7-8-13-17(16)18/h7-8,10-14H,2-6,9,15H2,1H3. The Morgan fingerprint density at radius 1 is 0.789 bits per heavy atom. The molecule has 0 spiro atoms. The third-order valence-corrected chi connectivity index (χ3v) is 5.94. The van der Waals surface area contributed by atoms with E-state index in [0.29, 0.717) is 15.0 Å². The Morgan fingerprint density at radius 2 is 1.53 bits per heavy atom. The summed E-state index contributed by atoms with van der Waals surface area (Å²) in [5.41, 5.74) is 0. The van der Waals surface area contributed by atoms with Crippen LogP contribution in [0.4, 0.5) is 0 Å². The molecule has 0 bridgehead atoms. The molecule has 102 valence electrons. The summed E-state index contributed by atoms with van der Waals surface area (Å²) in [6, 6.07) is 15.5. The molecule has 0 radical (unpaired) electrons. The van der Waals surface area contributed by atoms with E-state index in [9.17, 15) is 0 Å². The Labute approximate surface area is 123 Å². The number of unbranched alkanes of at least 4 members (excludes halogenated alkanes) is 5. The van der Waals surface area contributed by atoms with Gasteiger partial charge in [-0.25, -0.2) is 0 Å². The molecule has 1 heteroatoms. The Bertz CT molecular complexity index is 485. The first-order valence-corrected chi connectivity index (χ1v) is 9.59. The van der Waals surface area contributed by atoms with Gasteiger partial charge in [0.15, 0.2) is 0 Å². The number of fused-ring (bicyclic) bond motifs is 1. The van der Waals surface area contributed by atoms with Crippen LogP contribution < -0.4 is 4.46 Å². The van der Waals surface area contributed by atoms with E-state index in [1.54, 1.807) is 4.46 Å². The van der Waals surface area contributed by atoms with Crippen LogP contribution >= 0.6 is 0 Å². The normalized spacial score (nSPS) is 11.0. The van der Waals surface area contributed by atoms with Crippen molar-refractivity contribution >= 4 is 30.2 Å². The monoisotopic (exact) mass is 320 g/mol. The summed E-state index contributed by atoms with van der Waals surface area (Å²) < 4.78 is 1.58. The summed E-state index contributed by atoms with van der Waals surface area (Å²) in [6.07, 6.45) is 8.45. The molecule has 0 aromatic heterocycles. The summed E-state index contributed by atoms with van der Waals surface area (Å²) in [5, 5.41) is 4.26. The molecule has 0 saturated heterocycles. The van der Waals surface area contributed by atoms with Crippen molar-refractivity contribution in [2.24, 2.45) is 0 Å². The molecule has 0 nitrogen and oxygen atoms in total. The van der Waals surface area contributed by atoms with E-state index >= 15 is 0 Å². The average Bonchev–Trinajstić information content (AvgIpc) is 2.46. The van der Waals surface area contributed by atoms with Crippen LogP contribution in [0.5, 0.6) is 0 Å². The van der Waals surface area contributed by atoms with Gasteiger partial charge < -0.3 is 0 Å². The van der Waals surface area contributed by atoms with Crippen LogP contribution in [0.3, 0.4) is 0 Å². The van der Waals surface area contributed by atoms with E-state index in [2.05, 4.69) is 49.4 Å². The van der Waals surface area contributed by atoms with E-state index < -0.39 is 0 Å². The number of hydrogen-bond donors (Lipinski definition) is 0. The molecule has 2 aromatic rings. The van der Waals surface area contributed by atoms with Crippen molar-refractivity contribution < 1.29 is 0 Å². The van der Waals surface area contributed by atoms with Gasteiger partial charge in [-0.2, -0.15) is 0 Å². The topological polar surface area (TPSA) is 0 Å². The molecule has 0 fully saturated rings. The van der Waals surface area contributed by atoms with Gasteiger partial charge in [-0.05, 0) is 0 Å². The first kappa shape index (κ1) is 14.6. The van der Waals surface area contributed by atoms with Gasteiger partial charge >= 0.3 is 123 Å². The zero-order chi connectivity index (χ0) is 13.3. The second-order valence-corrected chi connectivity index (χ2v) is 7.48. The van der Waals surface area contributed by atoms with Gasteiger partial charge in [0.1, 0.15) is 0 Å². The first-order valence-electron chi connectivity index (χ1n) is 7.52. The van der Waals surface area contributed by atoms with Crippen LogP contribution in [0.1, 0.15) is 45.4 Å². The molecule has 0 aliphatic rings. The Kier molecular flexibility index (Phi) is 6.47. The molecule has 0 heterocycles. The summed E-state index contributed by atoms with van der Waals surface area (Å²) in [6.45, 7) is 2.28. The molecule has 2 rings (SSSR count). The van der Waals surface area contributed by atoms with Crippen molar-refractivity contribution in [3.05, 3.63) is 42.5 Å². The molecular formula is C18H24Se.